The van der Waals surface area contributed by atoms with E-state index in [1.54, 1.807) is 0 Å². The Labute approximate surface area is 196 Å². The summed E-state index contributed by atoms with van der Waals surface area (Å²) in [5.41, 5.74) is 3.64. The molecule has 3 aliphatic rings. The first-order valence-electron chi connectivity index (χ1n) is 12.1. The minimum Gasteiger partial charge on any atom is -0.507 e. The maximum atomic E-state index is 13.7. The lowest BCUT2D eigenvalue weighted by Gasteiger charge is -2.34. The van der Waals surface area contributed by atoms with E-state index >= 15 is 0 Å². The SMILES string of the molecule is Cc1ccc2c(c1)C1(CCCCC1)CN2C(=O)c1ccc(O)c(S(=O)(=O)N2CCCCC2)c1. The van der Waals surface area contributed by atoms with Crippen LogP contribution in [0.3, 0.4) is 0 Å². The Balaban J connectivity index is 1.51. The third kappa shape index (κ3) is 3.85. The number of nitrogens with zero attached hydrogens (tertiary/aromatic N) is 2. The van der Waals surface area contributed by atoms with Crippen molar-refractivity contribution in [1.29, 1.82) is 0 Å². The Bertz CT molecular complexity index is 1180. The minimum atomic E-state index is -3.85. The number of benzene rings is 2. The van der Waals surface area contributed by atoms with Crippen LogP contribution in [0.25, 0.3) is 0 Å². The van der Waals surface area contributed by atoms with Crippen molar-refractivity contribution in [3.05, 3.63) is 53.1 Å². The molecule has 6 nitrogen and oxygen atoms in total. The number of sulfonamides is 1. The van der Waals surface area contributed by atoms with Crippen LogP contribution in [-0.4, -0.2) is 43.4 Å². The second kappa shape index (κ2) is 8.44. The van der Waals surface area contributed by atoms with Crippen molar-refractivity contribution >= 4 is 21.6 Å². The Morgan fingerprint density at radius 3 is 2.36 bits per heavy atom. The standard InChI is InChI=1S/C26H32N2O4S/c1-19-8-10-22-21(16-19)26(12-4-2-5-13-26)18-28(22)25(30)20-9-11-23(29)24(17-20)33(31,32)27-14-6-3-7-15-27/h8-11,16-17,29H,2-7,12-15,18H2,1H3. The van der Waals surface area contributed by atoms with Crippen LogP contribution in [0.4, 0.5) is 5.69 Å². The second-order valence-electron chi connectivity index (χ2n) is 9.90. The van der Waals surface area contributed by atoms with Crippen LogP contribution in [0.15, 0.2) is 41.3 Å². The third-order valence-corrected chi connectivity index (χ3v) is 9.60. The van der Waals surface area contributed by atoms with E-state index in [1.807, 2.05) is 17.0 Å². The largest absolute Gasteiger partial charge is 0.507 e. The van der Waals surface area contributed by atoms with Crippen LogP contribution in [0.5, 0.6) is 5.75 Å². The van der Waals surface area contributed by atoms with Crippen LogP contribution in [-0.2, 0) is 15.4 Å². The predicted molar refractivity (Wildman–Crippen MR) is 128 cm³/mol. The summed E-state index contributed by atoms with van der Waals surface area (Å²) < 4.78 is 27.9. The van der Waals surface area contributed by atoms with E-state index in [0.29, 0.717) is 25.2 Å². The number of piperidine rings is 1. The molecule has 1 spiro atoms. The molecule has 0 unspecified atom stereocenters. The summed E-state index contributed by atoms with van der Waals surface area (Å²) in [5, 5.41) is 10.4. The maximum Gasteiger partial charge on any atom is 0.258 e. The zero-order valence-electron chi connectivity index (χ0n) is 19.2. The van der Waals surface area contributed by atoms with Gasteiger partial charge >= 0.3 is 0 Å². The van der Waals surface area contributed by atoms with Gasteiger partial charge in [-0.05, 0) is 62.4 Å². The average molecular weight is 469 g/mol. The van der Waals surface area contributed by atoms with Gasteiger partial charge in [0.05, 0.1) is 0 Å². The number of hydrogen-bond acceptors (Lipinski definition) is 4. The van der Waals surface area contributed by atoms with E-state index in [0.717, 1.165) is 50.6 Å². The Kier molecular flexibility index (Phi) is 5.73. The summed E-state index contributed by atoms with van der Waals surface area (Å²) in [5.74, 6) is -0.518. The molecule has 5 rings (SSSR count). The van der Waals surface area contributed by atoms with Crippen LogP contribution >= 0.6 is 0 Å². The van der Waals surface area contributed by atoms with Gasteiger partial charge in [0.2, 0.25) is 10.0 Å². The molecule has 0 bridgehead atoms. The molecule has 1 aliphatic carbocycles. The molecule has 1 N–H and O–H groups in total. The van der Waals surface area contributed by atoms with E-state index in [1.165, 1.54) is 40.1 Å². The highest BCUT2D eigenvalue weighted by atomic mass is 32.2. The summed E-state index contributed by atoms with van der Waals surface area (Å²) in [4.78, 5) is 15.4. The summed E-state index contributed by atoms with van der Waals surface area (Å²) in [6, 6.07) is 10.5. The van der Waals surface area contributed by atoms with Gasteiger partial charge in [-0.25, -0.2) is 8.42 Å². The number of fused-ring (bicyclic) bond motifs is 2. The monoisotopic (exact) mass is 468 g/mol. The van der Waals surface area contributed by atoms with Crippen molar-refractivity contribution in [1.82, 2.24) is 4.31 Å². The molecule has 2 heterocycles. The van der Waals surface area contributed by atoms with Gasteiger partial charge in [0.1, 0.15) is 10.6 Å². The fourth-order valence-electron chi connectivity index (χ4n) is 5.87. The predicted octanol–water partition coefficient (Wildman–Crippen LogP) is 4.74. The molecule has 1 amide bonds. The number of phenolic OH excluding ortho intramolecular Hbond substituents is 1. The van der Waals surface area contributed by atoms with Crippen LogP contribution in [0, 0.1) is 6.92 Å². The van der Waals surface area contributed by atoms with Crippen molar-refractivity contribution in [2.45, 2.75) is 68.6 Å². The molecule has 33 heavy (non-hydrogen) atoms. The second-order valence-corrected chi connectivity index (χ2v) is 11.8. The molecule has 176 valence electrons. The third-order valence-electron chi connectivity index (χ3n) is 7.67. The molecule has 2 aromatic carbocycles. The molecule has 2 fully saturated rings. The molecule has 7 heteroatoms. The zero-order chi connectivity index (χ0) is 23.2. The first-order chi connectivity index (χ1) is 15.8. The highest BCUT2D eigenvalue weighted by Gasteiger charge is 2.45. The van der Waals surface area contributed by atoms with E-state index in [-0.39, 0.29) is 22.0 Å². The van der Waals surface area contributed by atoms with Crippen molar-refractivity contribution < 1.29 is 18.3 Å². The molecular weight excluding hydrogens is 436 g/mol. The summed E-state index contributed by atoms with van der Waals surface area (Å²) in [6.07, 6.45) is 8.31. The molecule has 1 saturated heterocycles. The average Bonchev–Trinajstić information content (AvgIpc) is 3.12. The fourth-order valence-corrected chi connectivity index (χ4v) is 7.50. The van der Waals surface area contributed by atoms with Crippen molar-refractivity contribution in [2.75, 3.05) is 24.5 Å². The first-order valence-corrected chi connectivity index (χ1v) is 13.5. The number of hydrogen-bond donors (Lipinski definition) is 1. The minimum absolute atomic E-state index is 0.0190. The Morgan fingerprint density at radius 2 is 1.64 bits per heavy atom. The number of carbonyl (C=O) groups excluding carboxylic acids is 1. The van der Waals surface area contributed by atoms with E-state index < -0.39 is 10.0 Å². The number of rotatable bonds is 3. The lowest BCUT2D eigenvalue weighted by Crippen LogP contribution is -2.38. The van der Waals surface area contributed by atoms with Crippen molar-refractivity contribution in [3.8, 4) is 5.75 Å². The van der Waals surface area contributed by atoms with Gasteiger partial charge in [0.15, 0.2) is 0 Å². The molecule has 2 aliphatic heterocycles. The molecule has 1 saturated carbocycles. The van der Waals surface area contributed by atoms with Crippen molar-refractivity contribution in [3.63, 3.8) is 0 Å². The van der Waals surface area contributed by atoms with Gasteiger partial charge < -0.3 is 10.0 Å². The van der Waals surface area contributed by atoms with E-state index in [4.69, 9.17) is 0 Å². The van der Waals surface area contributed by atoms with Crippen LogP contribution < -0.4 is 4.90 Å². The maximum absolute atomic E-state index is 13.7. The summed E-state index contributed by atoms with van der Waals surface area (Å²) >= 11 is 0. The number of anilines is 1. The quantitative estimate of drug-likeness (QED) is 0.706. The topological polar surface area (TPSA) is 77.9 Å². The van der Waals surface area contributed by atoms with Gasteiger partial charge in [0, 0.05) is 36.3 Å². The molecule has 2 aromatic rings. The number of phenols is 1. The smallest absolute Gasteiger partial charge is 0.258 e. The van der Waals surface area contributed by atoms with E-state index in [2.05, 4.69) is 13.0 Å². The zero-order valence-corrected chi connectivity index (χ0v) is 20.0. The van der Waals surface area contributed by atoms with Crippen LogP contribution in [0.1, 0.15) is 72.9 Å². The summed E-state index contributed by atoms with van der Waals surface area (Å²) in [6.45, 7) is 3.60. The molecule has 0 atom stereocenters. The lowest BCUT2D eigenvalue weighted by atomic mass is 9.70. The highest BCUT2D eigenvalue weighted by Crippen LogP contribution is 2.50. The summed E-state index contributed by atoms with van der Waals surface area (Å²) in [7, 11) is -3.85. The number of amides is 1. The number of aryl methyl sites for hydroxylation is 1. The Hall–Kier alpha value is -2.38. The van der Waals surface area contributed by atoms with Gasteiger partial charge in [0.25, 0.3) is 5.91 Å². The number of aromatic hydroxyl groups is 1. The van der Waals surface area contributed by atoms with Crippen LogP contribution in [0.2, 0.25) is 0 Å². The fraction of sp³-hybridized carbons (Fsp3) is 0.500. The van der Waals surface area contributed by atoms with Gasteiger partial charge in [-0.1, -0.05) is 43.4 Å². The molecular formula is C26H32N2O4S. The lowest BCUT2D eigenvalue weighted by molar-refractivity contribution is 0.0982. The number of carbonyl (C=O) groups is 1. The normalized spacial score (nSPS) is 20.7. The highest BCUT2D eigenvalue weighted by molar-refractivity contribution is 7.89. The van der Waals surface area contributed by atoms with Crippen molar-refractivity contribution in [2.24, 2.45) is 0 Å². The first kappa shape index (κ1) is 22.4. The molecule has 0 radical (unpaired) electrons. The molecule has 0 aromatic heterocycles. The van der Waals surface area contributed by atoms with Gasteiger partial charge in [-0.2, -0.15) is 4.31 Å². The van der Waals surface area contributed by atoms with E-state index in [9.17, 15) is 18.3 Å². The Morgan fingerprint density at radius 1 is 0.939 bits per heavy atom. The van der Waals surface area contributed by atoms with Gasteiger partial charge in [-0.3, -0.25) is 4.79 Å². The van der Waals surface area contributed by atoms with Gasteiger partial charge in [-0.15, -0.1) is 0 Å².